The third-order valence-electron chi connectivity index (χ3n) is 3.58. The molecule has 0 aliphatic heterocycles. The van der Waals surface area contributed by atoms with E-state index in [4.69, 9.17) is 27.9 Å². The van der Waals surface area contributed by atoms with Crippen molar-refractivity contribution >= 4 is 45.3 Å². The second kappa shape index (κ2) is 9.33. The number of hydrazone groups is 1. The number of methoxy groups -OCH3 is 1. The van der Waals surface area contributed by atoms with Gasteiger partial charge in [-0.25, -0.2) is 18.2 Å². The van der Waals surface area contributed by atoms with Gasteiger partial charge in [0.25, 0.3) is 5.91 Å². The molecule has 2 aromatic rings. The van der Waals surface area contributed by atoms with E-state index in [0.717, 1.165) is 10.5 Å². The van der Waals surface area contributed by atoms with Crippen molar-refractivity contribution in [3.63, 3.8) is 0 Å². The van der Waals surface area contributed by atoms with Gasteiger partial charge >= 0.3 is 0 Å². The lowest BCUT2D eigenvalue weighted by atomic mass is 10.2. The Bertz CT molecular complexity index is 995. The van der Waals surface area contributed by atoms with E-state index in [9.17, 15) is 17.6 Å². The van der Waals surface area contributed by atoms with Gasteiger partial charge < -0.3 is 4.74 Å². The summed E-state index contributed by atoms with van der Waals surface area (Å²) in [6.45, 7) is -0.520. The predicted molar refractivity (Wildman–Crippen MR) is 105 cm³/mol. The zero-order valence-electron chi connectivity index (χ0n) is 14.8. The van der Waals surface area contributed by atoms with Crippen molar-refractivity contribution in [2.24, 2.45) is 5.10 Å². The second-order valence-corrected chi connectivity index (χ2v) is 8.35. The first-order chi connectivity index (χ1) is 13.2. The smallest absolute Gasteiger partial charge is 0.255 e. The molecular formula is C17H16Cl2FN3O4S. The molecule has 0 atom stereocenters. The van der Waals surface area contributed by atoms with E-state index in [1.165, 1.54) is 50.6 Å². The summed E-state index contributed by atoms with van der Waals surface area (Å²) in [5.74, 6) is -1.02. The molecule has 0 aromatic heterocycles. The Hall–Kier alpha value is -2.20. The van der Waals surface area contributed by atoms with Crippen LogP contribution in [0.25, 0.3) is 0 Å². The molecule has 0 bridgehead atoms. The highest BCUT2D eigenvalue weighted by Crippen LogP contribution is 2.28. The number of rotatable bonds is 7. The number of hydrogen-bond acceptors (Lipinski definition) is 5. The Morgan fingerprint density at radius 1 is 1.29 bits per heavy atom. The monoisotopic (exact) mass is 447 g/mol. The normalized spacial score (nSPS) is 11.8. The van der Waals surface area contributed by atoms with Crippen LogP contribution in [0.2, 0.25) is 10.0 Å². The van der Waals surface area contributed by atoms with Gasteiger partial charge in [0.2, 0.25) is 10.0 Å². The Morgan fingerprint density at radius 2 is 2.00 bits per heavy atom. The highest BCUT2D eigenvalue weighted by atomic mass is 35.5. The van der Waals surface area contributed by atoms with Crippen LogP contribution in [0.15, 0.2) is 46.4 Å². The van der Waals surface area contributed by atoms with E-state index in [-0.39, 0.29) is 20.5 Å². The van der Waals surface area contributed by atoms with Crippen molar-refractivity contribution in [3.05, 3.63) is 57.8 Å². The molecule has 0 aliphatic carbocycles. The molecule has 0 heterocycles. The van der Waals surface area contributed by atoms with Crippen molar-refractivity contribution in [2.45, 2.75) is 4.90 Å². The van der Waals surface area contributed by atoms with Gasteiger partial charge in [0.15, 0.2) is 0 Å². The van der Waals surface area contributed by atoms with Gasteiger partial charge in [-0.3, -0.25) is 4.79 Å². The van der Waals surface area contributed by atoms with Gasteiger partial charge in [-0.05, 0) is 30.3 Å². The van der Waals surface area contributed by atoms with Crippen molar-refractivity contribution < 1.29 is 22.3 Å². The number of nitrogens with one attached hydrogen (secondary N) is 1. The molecule has 2 rings (SSSR count). The molecule has 0 saturated heterocycles. The second-order valence-electron chi connectivity index (χ2n) is 5.49. The van der Waals surface area contributed by atoms with Crippen LogP contribution in [0.1, 0.15) is 5.56 Å². The minimum atomic E-state index is -3.97. The Kier molecular flexibility index (Phi) is 7.36. The molecule has 0 saturated carbocycles. The van der Waals surface area contributed by atoms with Crippen molar-refractivity contribution in [3.8, 4) is 5.75 Å². The lowest BCUT2D eigenvalue weighted by molar-refractivity contribution is -0.121. The van der Waals surface area contributed by atoms with Crippen LogP contribution in [0.4, 0.5) is 4.39 Å². The van der Waals surface area contributed by atoms with E-state index < -0.39 is 28.3 Å². The molecule has 0 radical (unpaired) electrons. The van der Waals surface area contributed by atoms with Crippen LogP contribution in [0.3, 0.4) is 0 Å². The van der Waals surface area contributed by atoms with Crippen LogP contribution in [-0.2, 0) is 14.8 Å². The number of amides is 1. The minimum absolute atomic E-state index is 0.00156. The van der Waals surface area contributed by atoms with Gasteiger partial charge in [-0.15, -0.1) is 0 Å². The Morgan fingerprint density at radius 3 is 2.61 bits per heavy atom. The molecule has 0 fully saturated rings. The fraction of sp³-hybridized carbons (Fsp3) is 0.176. The molecule has 0 aliphatic rings. The zero-order valence-corrected chi connectivity index (χ0v) is 17.1. The van der Waals surface area contributed by atoms with Gasteiger partial charge in [0.1, 0.15) is 11.6 Å². The third-order valence-corrected chi connectivity index (χ3v) is 6.00. The average Bonchev–Trinajstić information content (AvgIpc) is 2.64. The fourth-order valence-corrected chi connectivity index (χ4v) is 3.80. The third kappa shape index (κ3) is 5.20. The van der Waals surface area contributed by atoms with E-state index in [2.05, 4.69) is 10.5 Å². The van der Waals surface area contributed by atoms with Crippen molar-refractivity contribution in [1.29, 1.82) is 0 Å². The van der Waals surface area contributed by atoms with Crippen LogP contribution in [0.5, 0.6) is 5.75 Å². The van der Waals surface area contributed by atoms with Crippen LogP contribution >= 0.6 is 23.2 Å². The van der Waals surface area contributed by atoms with E-state index >= 15 is 0 Å². The predicted octanol–water partition coefficient (Wildman–Crippen LogP) is 2.91. The van der Waals surface area contributed by atoms with E-state index in [0.29, 0.717) is 5.75 Å². The molecule has 0 spiro atoms. The summed E-state index contributed by atoms with van der Waals surface area (Å²) in [4.78, 5) is 11.9. The molecule has 28 heavy (non-hydrogen) atoms. The fourth-order valence-electron chi connectivity index (χ4n) is 2.11. The quantitative estimate of drug-likeness (QED) is 0.521. The molecule has 150 valence electrons. The molecule has 1 amide bonds. The first-order valence-electron chi connectivity index (χ1n) is 7.72. The molecule has 2 aromatic carbocycles. The molecule has 0 unspecified atom stereocenters. The maximum atomic E-state index is 13.6. The van der Waals surface area contributed by atoms with Crippen LogP contribution in [-0.4, -0.2) is 45.5 Å². The molecule has 7 nitrogen and oxygen atoms in total. The molecule has 1 N–H and O–H groups in total. The maximum absolute atomic E-state index is 13.6. The zero-order chi connectivity index (χ0) is 20.9. The van der Waals surface area contributed by atoms with Gasteiger partial charge in [-0.2, -0.15) is 9.41 Å². The SMILES string of the molecule is COc1ccc(S(=O)(=O)N(C)CC(=O)N/N=C/c2c(F)cccc2Cl)cc1Cl. The lowest BCUT2D eigenvalue weighted by Crippen LogP contribution is -2.36. The van der Waals surface area contributed by atoms with E-state index in [1.54, 1.807) is 0 Å². The summed E-state index contributed by atoms with van der Waals surface area (Å²) in [7, 11) is -1.34. The van der Waals surface area contributed by atoms with Gasteiger partial charge in [0.05, 0.1) is 34.8 Å². The molecule has 11 heteroatoms. The minimum Gasteiger partial charge on any atom is -0.495 e. The summed E-state index contributed by atoms with van der Waals surface area (Å²) < 4.78 is 44.5. The van der Waals surface area contributed by atoms with Crippen LogP contribution in [0, 0.1) is 5.82 Å². The van der Waals surface area contributed by atoms with Crippen molar-refractivity contribution in [1.82, 2.24) is 9.73 Å². The number of halogens is 3. The summed E-state index contributed by atoms with van der Waals surface area (Å²) >= 11 is 11.8. The van der Waals surface area contributed by atoms with Crippen molar-refractivity contribution in [2.75, 3.05) is 20.7 Å². The number of nitrogens with zero attached hydrogens (tertiary/aromatic N) is 2. The average molecular weight is 448 g/mol. The number of benzene rings is 2. The number of carbonyl (C=O) groups is 1. The summed E-state index contributed by atoms with van der Waals surface area (Å²) in [6, 6.07) is 8.03. The Labute approximate surface area is 171 Å². The van der Waals surface area contributed by atoms with Gasteiger partial charge in [0, 0.05) is 12.6 Å². The number of ether oxygens (including phenoxy) is 1. The molecular weight excluding hydrogens is 432 g/mol. The van der Waals surface area contributed by atoms with Gasteiger partial charge in [-0.1, -0.05) is 29.3 Å². The summed E-state index contributed by atoms with van der Waals surface area (Å²) in [5.41, 5.74) is 2.12. The standard InChI is InChI=1S/C17H16Cl2FN3O4S/c1-23(28(25,26)11-6-7-16(27-2)14(19)8-11)10-17(24)22-21-9-12-13(18)4-3-5-15(12)20/h3-9H,10H2,1-2H3,(H,22,24)/b21-9+. The highest BCUT2D eigenvalue weighted by molar-refractivity contribution is 7.89. The topological polar surface area (TPSA) is 88.1 Å². The first-order valence-corrected chi connectivity index (χ1v) is 9.92. The summed E-state index contributed by atoms with van der Waals surface area (Å²) in [5, 5.41) is 3.84. The number of hydrogen-bond donors (Lipinski definition) is 1. The highest BCUT2D eigenvalue weighted by Gasteiger charge is 2.24. The van der Waals surface area contributed by atoms with E-state index in [1.807, 2.05) is 0 Å². The number of sulfonamides is 1. The first kappa shape index (κ1) is 22.1. The Balaban J connectivity index is 2.05. The largest absolute Gasteiger partial charge is 0.495 e. The summed E-state index contributed by atoms with van der Waals surface area (Å²) in [6.07, 6.45) is 1.04. The lowest BCUT2D eigenvalue weighted by Gasteiger charge is -2.16. The maximum Gasteiger partial charge on any atom is 0.255 e. The van der Waals surface area contributed by atoms with Crippen LogP contribution < -0.4 is 10.2 Å². The number of likely N-dealkylation sites (N-methyl/N-ethyl adjacent to an activating group) is 1. The number of carbonyl (C=O) groups excluding carboxylic acids is 1.